The standard InChI is InChI=1S/C27H29ClN2O6/c28-23-16-7-4-11-20(23)12-8-13-21(18-25(31)30(34)35)26(32)29-24(17-19-9-2-1-3-10-19)27(33)36-22-14-5-6-15-22/h1-4,7,9-11,16,21-22,24,34-35H,5-6,13-15,17-18H2,(H,29,32)/t21?,24-/m0/s1. The van der Waals surface area contributed by atoms with E-state index in [1.54, 1.807) is 24.3 Å². The van der Waals surface area contributed by atoms with Gasteiger partial charge in [-0.15, -0.1) is 0 Å². The number of halogens is 1. The number of carbonyl (C=O) groups is 3. The van der Waals surface area contributed by atoms with Gasteiger partial charge in [-0.2, -0.15) is 0 Å². The van der Waals surface area contributed by atoms with Crippen LogP contribution in [0.25, 0.3) is 0 Å². The average molecular weight is 513 g/mol. The number of hydroxylamine groups is 2. The number of benzene rings is 2. The second-order valence-corrected chi connectivity index (χ2v) is 9.07. The molecular weight excluding hydrogens is 484 g/mol. The van der Waals surface area contributed by atoms with E-state index in [-0.39, 0.29) is 18.9 Å². The van der Waals surface area contributed by atoms with E-state index in [4.69, 9.17) is 26.8 Å². The first-order valence-corrected chi connectivity index (χ1v) is 12.2. The minimum Gasteiger partial charge on any atom is -0.461 e. The van der Waals surface area contributed by atoms with E-state index in [2.05, 4.69) is 17.2 Å². The summed E-state index contributed by atoms with van der Waals surface area (Å²) < 4.78 is 5.65. The molecule has 2 aromatic rings. The molecule has 1 aliphatic carbocycles. The van der Waals surface area contributed by atoms with Gasteiger partial charge in [-0.05, 0) is 43.4 Å². The second kappa shape index (κ2) is 13.6. The van der Waals surface area contributed by atoms with E-state index in [0.29, 0.717) is 10.6 Å². The maximum Gasteiger partial charge on any atom is 0.329 e. The topological polar surface area (TPSA) is 116 Å². The van der Waals surface area contributed by atoms with Crippen LogP contribution in [0.1, 0.15) is 49.7 Å². The van der Waals surface area contributed by atoms with Crippen LogP contribution >= 0.6 is 11.6 Å². The molecule has 3 N–H and O–H groups in total. The summed E-state index contributed by atoms with van der Waals surface area (Å²) in [6, 6.07) is 15.1. The Labute approximate surface area is 215 Å². The SMILES string of the molecule is O=C(N[C@@H](Cc1ccccc1)C(=O)OC1CCCC1)C(CC#Cc1ccccc1Cl)CC(=O)N(O)O. The summed E-state index contributed by atoms with van der Waals surface area (Å²) in [5.74, 6) is 2.40. The van der Waals surface area contributed by atoms with Crippen molar-refractivity contribution in [2.24, 2.45) is 5.92 Å². The van der Waals surface area contributed by atoms with Crippen molar-refractivity contribution in [3.05, 3.63) is 70.7 Å². The maximum absolute atomic E-state index is 13.2. The maximum atomic E-state index is 13.2. The zero-order valence-corrected chi connectivity index (χ0v) is 20.5. The summed E-state index contributed by atoms with van der Waals surface area (Å²) >= 11 is 6.12. The lowest BCUT2D eigenvalue weighted by Gasteiger charge is -2.23. The predicted molar refractivity (Wildman–Crippen MR) is 132 cm³/mol. The van der Waals surface area contributed by atoms with Crippen molar-refractivity contribution in [3.8, 4) is 11.8 Å². The van der Waals surface area contributed by atoms with E-state index >= 15 is 0 Å². The van der Waals surface area contributed by atoms with E-state index in [9.17, 15) is 14.4 Å². The molecule has 0 heterocycles. The normalized spacial score (nSPS) is 14.8. The monoisotopic (exact) mass is 512 g/mol. The zero-order chi connectivity index (χ0) is 25.9. The highest BCUT2D eigenvalue weighted by Gasteiger charge is 2.31. The molecule has 0 spiro atoms. The fraction of sp³-hybridized carbons (Fsp3) is 0.370. The van der Waals surface area contributed by atoms with Gasteiger partial charge in [-0.25, -0.2) is 4.79 Å². The molecule has 8 nitrogen and oxygen atoms in total. The number of esters is 1. The van der Waals surface area contributed by atoms with Gasteiger partial charge in [0, 0.05) is 24.8 Å². The van der Waals surface area contributed by atoms with Crippen molar-refractivity contribution in [2.45, 2.75) is 57.1 Å². The van der Waals surface area contributed by atoms with Crippen molar-refractivity contribution in [3.63, 3.8) is 0 Å². The van der Waals surface area contributed by atoms with Crippen molar-refractivity contribution < 1.29 is 29.5 Å². The summed E-state index contributed by atoms with van der Waals surface area (Å²) in [5, 5.41) is 20.8. The quantitative estimate of drug-likeness (QED) is 0.203. The predicted octanol–water partition coefficient (Wildman–Crippen LogP) is 3.91. The van der Waals surface area contributed by atoms with Gasteiger partial charge in [0.15, 0.2) is 0 Å². The summed E-state index contributed by atoms with van der Waals surface area (Å²) in [7, 11) is 0. The zero-order valence-electron chi connectivity index (χ0n) is 19.7. The fourth-order valence-electron chi connectivity index (χ4n) is 3.97. The van der Waals surface area contributed by atoms with Crippen LogP contribution in [0.15, 0.2) is 54.6 Å². The van der Waals surface area contributed by atoms with Gasteiger partial charge in [-0.1, -0.05) is 71.1 Å². The van der Waals surface area contributed by atoms with Crippen LogP contribution in [-0.2, 0) is 25.5 Å². The van der Waals surface area contributed by atoms with Gasteiger partial charge in [-0.3, -0.25) is 20.0 Å². The Bertz CT molecular complexity index is 1110. The lowest BCUT2D eigenvalue weighted by atomic mass is 9.98. The van der Waals surface area contributed by atoms with Crippen LogP contribution in [0.3, 0.4) is 0 Å². The van der Waals surface area contributed by atoms with E-state index in [0.717, 1.165) is 31.2 Å². The molecule has 0 saturated heterocycles. The van der Waals surface area contributed by atoms with Crippen LogP contribution in [0, 0.1) is 17.8 Å². The number of ether oxygens (including phenoxy) is 1. The summed E-state index contributed by atoms with van der Waals surface area (Å²) in [5.41, 5.74) is 1.38. The average Bonchev–Trinajstić information content (AvgIpc) is 3.37. The highest BCUT2D eigenvalue weighted by atomic mass is 35.5. The van der Waals surface area contributed by atoms with Gasteiger partial charge in [0.05, 0.1) is 10.9 Å². The fourth-order valence-corrected chi connectivity index (χ4v) is 4.15. The smallest absolute Gasteiger partial charge is 0.329 e. The molecule has 1 saturated carbocycles. The number of carbonyl (C=O) groups excluding carboxylic acids is 3. The molecule has 2 atom stereocenters. The first-order valence-electron chi connectivity index (χ1n) is 11.8. The Morgan fingerprint density at radius 3 is 2.39 bits per heavy atom. The molecule has 9 heteroatoms. The third kappa shape index (κ3) is 8.38. The van der Waals surface area contributed by atoms with Crippen LogP contribution in [-0.4, -0.2) is 45.6 Å². The highest BCUT2D eigenvalue weighted by Crippen LogP contribution is 2.22. The number of hydrogen-bond acceptors (Lipinski definition) is 6. The largest absolute Gasteiger partial charge is 0.461 e. The lowest BCUT2D eigenvalue weighted by Crippen LogP contribution is -2.47. The molecule has 190 valence electrons. The van der Waals surface area contributed by atoms with Gasteiger partial charge >= 0.3 is 5.97 Å². The van der Waals surface area contributed by atoms with Crippen LogP contribution < -0.4 is 5.32 Å². The van der Waals surface area contributed by atoms with Gasteiger partial charge in [0.25, 0.3) is 5.91 Å². The minimum atomic E-state index is -1.08. The Morgan fingerprint density at radius 2 is 1.72 bits per heavy atom. The number of nitrogens with zero attached hydrogens (tertiary/aromatic N) is 1. The van der Waals surface area contributed by atoms with Gasteiger partial charge < -0.3 is 10.1 Å². The van der Waals surface area contributed by atoms with Crippen molar-refractivity contribution in [1.82, 2.24) is 10.5 Å². The molecule has 0 aromatic heterocycles. The molecule has 2 aromatic carbocycles. The Morgan fingerprint density at radius 1 is 1.06 bits per heavy atom. The van der Waals surface area contributed by atoms with Crippen LogP contribution in [0.5, 0.6) is 0 Å². The lowest BCUT2D eigenvalue weighted by molar-refractivity contribution is -0.285. The summed E-state index contributed by atoms with van der Waals surface area (Å²) in [4.78, 5) is 38.2. The number of rotatable bonds is 9. The third-order valence-electron chi connectivity index (χ3n) is 5.93. The molecule has 0 bridgehead atoms. The number of nitrogens with one attached hydrogen (secondary N) is 1. The number of amides is 2. The Kier molecular flexibility index (Phi) is 10.3. The van der Waals surface area contributed by atoms with Crippen LogP contribution in [0.4, 0.5) is 0 Å². The molecule has 0 aliphatic heterocycles. The highest BCUT2D eigenvalue weighted by molar-refractivity contribution is 6.31. The summed E-state index contributed by atoms with van der Waals surface area (Å²) in [6.07, 6.45) is 2.98. The van der Waals surface area contributed by atoms with E-state index < -0.39 is 41.4 Å². The molecule has 1 unspecified atom stereocenters. The third-order valence-corrected chi connectivity index (χ3v) is 6.26. The van der Waals surface area contributed by atoms with Crippen molar-refractivity contribution >= 4 is 29.4 Å². The molecule has 1 aliphatic rings. The Hall–Kier alpha value is -3.38. The number of hydrogen-bond donors (Lipinski definition) is 3. The first-order chi connectivity index (χ1) is 17.3. The first kappa shape index (κ1) is 27.2. The van der Waals surface area contributed by atoms with Gasteiger partial charge in [0.2, 0.25) is 5.91 Å². The van der Waals surface area contributed by atoms with Crippen molar-refractivity contribution in [1.29, 1.82) is 0 Å². The Balaban J connectivity index is 1.76. The molecule has 2 amide bonds. The summed E-state index contributed by atoms with van der Waals surface area (Å²) in [6.45, 7) is 0. The molecule has 0 radical (unpaired) electrons. The van der Waals surface area contributed by atoms with Crippen LogP contribution in [0.2, 0.25) is 5.02 Å². The molecular formula is C27H29ClN2O6. The molecule has 1 fully saturated rings. The molecule has 3 rings (SSSR count). The van der Waals surface area contributed by atoms with E-state index in [1.807, 2.05) is 30.3 Å². The van der Waals surface area contributed by atoms with Crippen molar-refractivity contribution in [2.75, 3.05) is 0 Å². The van der Waals surface area contributed by atoms with Gasteiger partial charge in [0.1, 0.15) is 12.1 Å². The second-order valence-electron chi connectivity index (χ2n) is 8.66. The van der Waals surface area contributed by atoms with E-state index in [1.165, 1.54) is 0 Å². The minimum absolute atomic E-state index is 0.0770. The molecule has 36 heavy (non-hydrogen) atoms.